The third-order valence-electron chi connectivity index (χ3n) is 6.43. The molecule has 0 heterocycles. The van der Waals surface area contributed by atoms with Crippen molar-refractivity contribution in [1.82, 2.24) is 0 Å². The predicted octanol–water partition coefficient (Wildman–Crippen LogP) is 7.01. The van der Waals surface area contributed by atoms with Gasteiger partial charge in [-0.15, -0.1) is 6.58 Å². The van der Waals surface area contributed by atoms with Gasteiger partial charge in [-0.1, -0.05) is 52.8 Å². The highest BCUT2D eigenvalue weighted by Gasteiger charge is 2.35. The van der Waals surface area contributed by atoms with Gasteiger partial charge in [0.15, 0.2) is 8.32 Å². The monoisotopic (exact) mass is 406 g/mol. The molecule has 0 saturated carbocycles. The van der Waals surface area contributed by atoms with Gasteiger partial charge < -0.3 is 13.9 Å². The lowest BCUT2D eigenvalue weighted by Crippen LogP contribution is -2.44. The van der Waals surface area contributed by atoms with Crippen molar-refractivity contribution in [3.05, 3.63) is 42.5 Å². The lowest BCUT2D eigenvalue weighted by atomic mass is 9.88. The Hall–Kier alpha value is -1.10. The summed E-state index contributed by atoms with van der Waals surface area (Å²) < 4.78 is 18.0. The molecule has 0 aromatic heterocycles. The van der Waals surface area contributed by atoms with Crippen molar-refractivity contribution in [3.63, 3.8) is 0 Å². The molecule has 0 aliphatic heterocycles. The molecule has 28 heavy (non-hydrogen) atoms. The van der Waals surface area contributed by atoms with Crippen LogP contribution in [-0.2, 0) is 9.16 Å². The fourth-order valence-electron chi connectivity index (χ4n) is 3.98. The molecule has 1 aromatic carbocycles. The molecule has 1 rings (SSSR count). The summed E-state index contributed by atoms with van der Waals surface area (Å²) in [6.07, 6.45) is 4.43. The lowest BCUT2D eigenvalue weighted by molar-refractivity contribution is 0.0609. The van der Waals surface area contributed by atoms with Crippen LogP contribution in [-0.4, -0.2) is 28.6 Å². The van der Waals surface area contributed by atoms with Gasteiger partial charge >= 0.3 is 0 Å². The minimum atomic E-state index is -1.65. The first-order valence-electron chi connectivity index (χ1n) is 10.9. The van der Waals surface area contributed by atoms with Gasteiger partial charge in [0, 0.05) is 7.11 Å². The minimum absolute atomic E-state index is 0.0959. The second kappa shape index (κ2) is 12.5. The number of ether oxygens (including phenoxy) is 2. The molecular weight excluding hydrogens is 364 g/mol. The summed E-state index contributed by atoms with van der Waals surface area (Å²) in [4.78, 5) is 0. The second-order valence-electron chi connectivity index (χ2n) is 7.97. The molecule has 0 N–H and O–H groups in total. The van der Waals surface area contributed by atoms with E-state index < -0.39 is 8.32 Å². The molecule has 4 heteroatoms. The molecule has 0 spiro atoms. The largest absolute Gasteiger partial charge is 0.497 e. The Labute approximate surface area is 174 Å². The first-order valence-corrected chi connectivity index (χ1v) is 13.4. The summed E-state index contributed by atoms with van der Waals surface area (Å²) in [5.41, 5.74) is 1.20. The number of hydrogen-bond acceptors (Lipinski definition) is 3. The van der Waals surface area contributed by atoms with Crippen LogP contribution in [0.3, 0.4) is 0 Å². The summed E-state index contributed by atoms with van der Waals surface area (Å²) in [7, 11) is 1.83. The van der Waals surface area contributed by atoms with E-state index in [1.807, 2.05) is 12.1 Å². The van der Waals surface area contributed by atoms with Crippen molar-refractivity contribution in [2.24, 2.45) is 11.8 Å². The average molecular weight is 407 g/mol. The Morgan fingerprint density at radius 3 is 1.96 bits per heavy atom. The van der Waals surface area contributed by atoms with Crippen molar-refractivity contribution in [2.45, 2.75) is 77.8 Å². The van der Waals surface area contributed by atoms with Crippen LogP contribution < -0.4 is 4.74 Å². The maximum atomic E-state index is 6.91. The van der Waals surface area contributed by atoms with Gasteiger partial charge in [0.05, 0.1) is 19.3 Å². The summed E-state index contributed by atoms with van der Waals surface area (Å²) in [5, 5.41) is 0. The predicted molar refractivity (Wildman–Crippen MR) is 123 cm³/mol. The number of methoxy groups -OCH3 is 2. The quantitative estimate of drug-likeness (QED) is 0.245. The Morgan fingerprint density at radius 2 is 1.54 bits per heavy atom. The maximum Gasteiger partial charge on any atom is 0.192 e. The number of rotatable bonds is 14. The fraction of sp³-hybridized carbons (Fsp3) is 0.667. The van der Waals surface area contributed by atoms with Crippen molar-refractivity contribution in [2.75, 3.05) is 14.2 Å². The van der Waals surface area contributed by atoms with Gasteiger partial charge in [-0.25, -0.2) is 0 Å². The molecule has 160 valence electrons. The first-order chi connectivity index (χ1) is 13.4. The van der Waals surface area contributed by atoms with Crippen LogP contribution in [0.4, 0.5) is 0 Å². The van der Waals surface area contributed by atoms with Gasteiger partial charge in [0.2, 0.25) is 0 Å². The van der Waals surface area contributed by atoms with E-state index in [-0.39, 0.29) is 12.2 Å². The van der Waals surface area contributed by atoms with Crippen LogP contribution in [0, 0.1) is 11.8 Å². The summed E-state index contributed by atoms with van der Waals surface area (Å²) in [6.45, 7) is 15.5. The van der Waals surface area contributed by atoms with Gasteiger partial charge in [-0.05, 0) is 60.5 Å². The molecule has 0 amide bonds. The SMILES string of the molecule is C=C[C@H](C)[C@H](O[Si](CC)(CC)CC)[C@@H](C)CC[C@H](OC)c1ccc(OC)cc1. The van der Waals surface area contributed by atoms with Crippen LogP contribution >= 0.6 is 0 Å². The number of benzene rings is 1. The van der Waals surface area contributed by atoms with Crippen molar-refractivity contribution in [1.29, 1.82) is 0 Å². The molecule has 0 bridgehead atoms. The van der Waals surface area contributed by atoms with E-state index in [2.05, 4.69) is 59.4 Å². The molecule has 0 unspecified atom stereocenters. The molecule has 0 fully saturated rings. The van der Waals surface area contributed by atoms with E-state index >= 15 is 0 Å². The summed E-state index contributed by atoms with van der Waals surface area (Å²) in [5.74, 6) is 1.69. The zero-order valence-electron chi connectivity index (χ0n) is 19.2. The number of hydrogen-bond donors (Lipinski definition) is 0. The van der Waals surface area contributed by atoms with Gasteiger partial charge in [-0.3, -0.25) is 0 Å². The zero-order chi connectivity index (χ0) is 21.2. The average Bonchev–Trinajstić information content (AvgIpc) is 2.75. The van der Waals surface area contributed by atoms with Crippen LogP contribution in [0.25, 0.3) is 0 Å². The van der Waals surface area contributed by atoms with Gasteiger partial charge in [0.25, 0.3) is 0 Å². The normalized spacial score (nSPS) is 16.2. The molecule has 0 saturated heterocycles. The molecular formula is C24H42O3Si. The molecule has 0 radical (unpaired) electrons. The smallest absolute Gasteiger partial charge is 0.192 e. The molecule has 1 aromatic rings. The second-order valence-corrected chi connectivity index (χ2v) is 12.7. The standard InChI is InChI=1S/C24H42O3Si/c1-9-19(5)24(27-28(10-2,11-3)12-4)20(6)13-18-23(26-8)21-14-16-22(25-7)17-15-21/h9,14-17,19-20,23-24H,1,10-13,18H2,2-8H3/t19-,20-,23-,24-/m0/s1. The first kappa shape index (κ1) is 24.9. The van der Waals surface area contributed by atoms with Crippen LogP contribution in [0.1, 0.15) is 59.1 Å². The molecule has 3 nitrogen and oxygen atoms in total. The summed E-state index contributed by atoms with van der Waals surface area (Å²) in [6, 6.07) is 11.7. The zero-order valence-corrected chi connectivity index (χ0v) is 20.2. The third kappa shape index (κ3) is 6.75. The fourth-order valence-corrected chi connectivity index (χ4v) is 7.01. The van der Waals surface area contributed by atoms with Crippen LogP contribution in [0.5, 0.6) is 5.75 Å². The van der Waals surface area contributed by atoms with E-state index in [9.17, 15) is 0 Å². The minimum Gasteiger partial charge on any atom is -0.497 e. The molecule has 4 atom stereocenters. The Morgan fingerprint density at radius 1 is 0.964 bits per heavy atom. The van der Waals surface area contributed by atoms with Crippen LogP contribution in [0.2, 0.25) is 18.1 Å². The topological polar surface area (TPSA) is 27.7 Å². The Bertz CT molecular complexity index is 545. The molecule has 0 aliphatic carbocycles. The van der Waals surface area contributed by atoms with Crippen molar-refractivity contribution < 1.29 is 13.9 Å². The molecule has 0 aliphatic rings. The van der Waals surface area contributed by atoms with Gasteiger partial charge in [0.1, 0.15) is 5.75 Å². The van der Waals surface area contributed by atoms with E-state index in [1.165, 1.54) is 23.7 Å². The highest BCUT2D eigenvalue weighted by molar-refractivity contribution is 6.73. The van der Waals surface area contributed by atoms with Crippen molar-refractivity contribution >= 4 is 8.32 Å². The Kier molecular flexibility index (Phi) is 11.1. The van der Waals surface area contributed by atoms with Gasteiger partial charge in [-0.2, -0.15) is 0 Å². The van der Waals surface area contributed by atoms with E-state index in [0.29, 0.717) is 11.8 Å². The lowest BCUT2D eigenvalue weighted by Gasteiger charge is -2.38. The van der Waals surface area contributed by atoms with E-state index in [4.69, 9.17) is 13.9 Å². The summed E-state index contributed by atoms with van der Waals surface area (Å²) >= 11 is 0. The van der Waals surface area contributed by atoms with Crippen LogP contribution in [0.15, 0.2) is 36.9 Å². The highest BCUT2D eigenvalue weighted by Crippen LogP contribution is 2.33. The van der Waals surface area contributed by atoms with E-state index in [1.54, 1.807) is 14.2 Å². The highest BCUT2D eigenvalue weighted by atomic mass is 28.4. The maximum absolute atomic E-state index is 6.91. The Balaban J connectivity index is 2.85. The van der Waals surface area contributed by atoms with Crippen molar-refractivity contribution in [3.8, 4) is 5.75 Å². The van der Waals surface area contributed by atoms with E-state index in [0.717, 1.165) is 18.6 Å². The third-order valence-corrected chi connectivity index (χ3v) is 11.1.